The molecule has 0 amide bonds. The molecular formula is C20H27N3O2S. The molecule has 1 N–H and O–H groups in total. The molecule has 0 unspecified atom stereocenters. The van der Waals surface area contributed by atoms with E-state index in [0.717, 1.165) is 61.7 Å². The molecule has 0 saturated carbocycles. The van der Waals surface area contributed by atoms with Gasteiger partial charge < -0.3 is 19.4 Å². The second kappa shape index (κ2) is 9.16. The third-order valence-electron chi connectivity index (χ3n) is 4.61. The van der Waals surface area contributed by atoms with E-state index in [2.05, 4.69) is 34.2 Å². The summed E-state index contributed by atoms with van der Waals surface area (Å²) in [6.07, 6.45) is 0. The van der Waals surface area contributed by atoms with E-state index in [1.165, 1.54) is 5.56 Å². The predicted molar refractivity (Wildman–Crippen MR) is 109 cm³/mol. The van der Waals surface area contributed by atoms with Crippen molar-refractivity contribution in [1.29, 1.82) is 0 Å². The Balaban J connectivity index is 1.66. The first-order valence-corrected chi connectivity index (χ1v) is 9.49. The summed E-state index contributed by atoms with van der Waals surface area (Å²) in [5.41, 5.74) is 2.22. The maximum Gasteiger partial charge on any atom is 0.173 e. The van der Waals surface area contributed by atoms with Gasteiger partial charge in [-0.2, -0.15) is 0 Å². The van der Waals surface area contributed by atoms with Gasteiger partial charge in [-0.25, -0.2) is 0 Å². The fourth-order valence-corrected chi connectivity index (χ4v) is 3.27. The lowest BCUT2D eigenvalue weighted by atomic mass is 10.2. The van der Waals surface area contributed by atoms with Crippen LogP contribution in [0.1, 0.15) is 17.1 Å². The summed E-state index contributed by atoms with van der Waals surface area (Å²) in [5.74, 6) is 1.85. The molecule has 0 aliphatic carbocycles. The number of rotatable bonds is 6. The van der Waals surface area contributed by atoms with Gasteiger partial charge >= 0.3 is 0 Å². The highest BCUT2D eigenvalue weighted by molar-refractivity contribution is 7.80. The van der Waals surface area contributed by atoms with Gasteiger partial charge in [0.05, 0.1) is 19.8 Å². The number of para-hydroxylation sites is 1. The van der Waals surface area contributed by atoms with Crippen molar-refractivity contribution in [3.05, 3.63) is 53.5 Å². The van der Waals surface area contributed by atoms with Gasteiger partial charge in [0, 0.05) is 31.9 Å². The van der Waals surface area contributed by atoms with Crippen LogP contribution < -0.4 is 5.32 Å². The van der Waals surface area contributed by atoms with Crippen LogP contribution in [0.3, 0.4) is 0 Å². The first-order chi connectivity index (χ1) is 12.6. The third kappa shape index (κ3) is 5.30. The summed E-state index contributed by atoms with van der Waals surface area (Å²) in [6, 6.07) is 12.2. The van der Waals surface area contributed by atoms with Gasteiger partial charge in [0.1, 0.15) is 11.5 Å². The molecule has 1 aromatic heterocycles. The van der Waals surface area contributed by atoms with Crippen molar-refractivity contribution >= 4 is 23.0 Å². The molecule has 1 aliphatic heterocycles. The van der Waals surface area contributed by atoms with Crippen LogP contribution in [0, 0.1) is 13.8 Å². The fourth-order valence-electron chi connectivity index (χ4n) is 3.00. The molecule has 0 spiro atoms. The Morgan fingerprint density at radius 2 is 1.92 bits per heavy atom. The first-order valence-electron chi connectivity index (χ1n) is 9.09. The molecular weight excluding hydrogens is 346 g/mol. The minimum atomic E-state index is 0.663. The molecule has 5 nitrogen and oxygen atoms in total. The van der Waals surface area contributed by atoms with Crippen molar-refractivity contribution in [2.24, 2.45) is 0 Å². The number of nitrogens with zero attached hydrogens (tertiary/aromatic N) is 2. The Morgan fingerprint density at radius 3 is 2.62 bits per heavy atom. The number of hydrogen-bond donors (Lipinski definition) is 1. The standard InChI is InChI=1S/C20H27N3O2S/c1-16-5-3-4-6-19(16)21-20(26)23(15-18-8-7-17(2)25-18)10-9-22-11-13-24-14-12-22/h3-8H,9-15H2,1-2H3,(H,21,26). The quantitative estimate of drug-likeness (QED) is 0.783. The number of thiocarbonyl (C=S) groups is 1. The molecule has 2 heterocycles. The maximum absolute atomic E-state index is 5.77. The van der Waals surface area contributed by atoms with Gasteiger partial charge in [-0.1, -0.05) is 18.2 Å². The molecule has 0 radical (unpaired) electrons. The van der Waals surface area contributed by atoms with Crippen molar-refractivity contribution < 1.29 is 9.15 Å². The van der Waals surface area contributed by atoms with E-state index in [-0.39, 0.29) is 0 Å². The topological polar surface area (TPSA) is 40.9 Å². The Hall–Kier alpha value is -1.89. The highest BCUT2D eigenvalue weighted by atomic mass is 32.1. The Morgan fingerprint density at radius 1 is 1.15 bits per heavy atom. The normalized spacial score (nSPS) is 15.0. The van der Waals surface area contributed by atoms with E-state index in [0.29, 0.717) is 6.54 Å². The predicted octanol–water partition coefficient (Wildman–Crippen LogP) is 3.43. The number of nitrogens with one attached hydrogen (secondary N) is 1. The number of benzene rings is 1. The van der Waals surface area contributed by atoms with Crippen molar-refractivity contribution in [2.75, 3.05) is 44.7 Å². The number of anilines is 1. The molecule has 2 aromatic rings. The van der Waals surface area contributed by atoms with E-state index in [1.54, 1.807) is 0 Å². The molecule has 1 saturated heterocycles. The highest BCUT2D eigenvalue weighted by Crippen LogP contribution is 2.16. The van der Waals surface area contributed by atoms with Gasteiger partial charge in [-0.05, 0) is 49.8 Å². The van der Waals surface area contributed by atoms with Gasteiger partial charge in [0.2, 0.25) is 0 Å². The fraction of sp³-hybridized carbons (Fsp3) is 0.450. The van der Waals surface area contributed by atoms with E-state index < -0.39 is 0 Å². The molecule has 1 fully saturated rings. The zero-order chi connectivity index (χ0) is 18.4. The summed E-state index contributed by atoms with van der Waals surface area (Å²) in [6.45, 7) is 10.1. The lowest BCUT2D eigenvalue weighted by molar-refractivity contribution is 0.0356. The third-order valence-corrected chi connectivity index (χ3v) is 4.97. The van der Waals surface area contributed by atoms with Crippen molar-refractivity contribution in [1.82, 2.24) is 9.80 Å². The number of aryl methyl sites for hydroxylation is 2. The average molecular weight is 374 g/mol. The summed E-state index contributed by atoms with van der Waals surface area (Å²) in [7, 11) is 0. The molecule has 0 atom stereocenters. The molecule has 0 bridgehead atoms. The van der Waals surface area contributed by atoms with Crippen LogP contribution in [0.2, 0.25) is 0 Å². The van der Waals surface area contributed by atoms with Crippen LogP contribution in [0.4, 0.5) is 5.69 Å². The monoisotopic (exact) mass is 373 g/mol. The second-order valence-electron chi connectivity index (χ2n) is 6.63. The van der Waals surface area contributed by atoms with Crippen LogP contribution in [-0.4, -0.2) is 54.3 Å². The lowest BCUT2D eigenvalue weighted by Crippen LogP contribution is -2.44. The SMILES string of the molecule is Cc1ccc(CN(CCN2CCOCC2)C(=S)Nc2ccccc2C)o1. The van der Waals surface area contributed by atoms with Gasteiger partial charge in [0.15, 0.2) is 5.11 Å². The number of hydrogen-bond acceptors (Lipinski definition) is 4. The van der Waals surface area contributed by atoms with Gasteiger partial charge in [0.25, 0.3) is 0 Å². The highest BCUT2D eigenvalue weighted by Gasteiger charge is 2.16. The van der Waals surface area contributed by atoms with Crippen LogP contribution >= 0.6 is 12.2 Å². The van der Waals surface area contributed by atoms with E-state index in [9.17, 15) is 0 Å². The second-order valence-corrected chi connectivity index (χ2v) is 7.02. The van der Waals surface area contributed by atoms with Crippen molar-refractivity contribution in [3.63, 3.8) is 0 Å². The molecule has 6 heteroatoms. The van der Waals surface area contributed by atoms with Crippen LogP contribution in [-0.2, 0) is 11.3 Å². The van der Waals surface area contributed by atoms with E-state index >= 15 is 0 Å². The lowest BCUT2D eigenvalue weighted by Gasteiger charge is -2.31. The van der Waals surface area contributed by atoms with Crippen molar-refractivity contribution in [3.8, 4) is 0 Å². The van der Waals surface area contributed by atoms with Crippen LogP contribution in [0.25, 0.3) is 0 Å². The smallest absolute Gasteiger partial charge is 0.173 e. The Bertz CT molecular complexity index is 725. The van der Waals surface area contributed by atoms with E-state index in [4.69, 9.17) is 21.4 Å². The molecule has 26 heavy (non-hydrogen) atoms. The zero-order valence-corrected chi connectivity index (χ0v) is 16.3. The molecule has 1 aromatic carbocycles. The largest absolute Gasteiger partial charge is 0.464 e. The molecule has 3 rings (SSSR count). The van der Waals surface area contributed by atoms with Gasteiger partial charge in [-0.15, -0.1) is 0 Å². The molecule has 140 valence electrons. The minimum absolute atomic E-state index is 0.663. The number of furan rings is 1. The maximum atomic E-state index is 5.77. The van der Waals surface area contributed by atoms with Crippen LogP contribution in [0.15, 0.2) is 40.8 Å². The van der Waals surface area contributed by atoms with E-state index in [1.807, 2.05) is 31.2 Å². The summed E-state index contributed by atoms with van der Waals surface area (Å²) < 4.78 is 11.2. The van der Waals surface area contributed by atoms with Crippen LogP contribution in [0.5, 0.6) is 0 Å². The number of morpholine rings is 1. The Labute approximate surface area is 160 Å². The summed E-state index contributed by atoms with van der Waals surface area (Å²) in [5, 5.41) is 4.12. The zero-order valence-electron chi connectivity index (χ0n) is 15.5. The molecule has 1 aliphatic rings. The van der Waals surface area contributed by atoms with Crippen molar-refractivity contribution in [2.45, 2.75) is 20.4 Å². The first kappa shape index (κ1) is 18.9. The number of ether oxygens (including phenoxy) is 1. The summed E-state index contributed by atoms with van der Waals surface area (Å²) in [4.78, 5) is 4.59. The average Bonchev–Trinajstić information content (AvgIpc) is 3.06. The summed E-state index contributed by atoms with van der Waals surface area (Å²) >= 11 is 5.72. The van der Waals surface area contributed by atoms with Gasteiger partial charge in [-0.3, -0.25) is 4.90 Å². The Kier molecular flexibility index (Phi) is 6.66. The minimum Gasteiger partial charge on any atom is -0.464 e.